The van der Waals surface area contributed by atoms with Crippen LogP contribution in [0.2, 0.25) is 0 Å². The number of rotatable bonds is 6. The Morgan fingerprint density at radius 2 is 2.35 bits per heavy atom. The van der Waals surface area contributed by atoms with Crippen molar-refractivity contribution < 1.29 is 19.4 Å². The summed E-state index contributed by atoms with van der Waals surface area (Å²) in [6.45, 7) is 3.38. The van der Waals surface area contributed by atoms with E-state index in [0.717, 1.165) is 6.42 Å². The molecule has 1 saturated heterocycles. The lowest BCUT2D eigenvalue weighted by Gasteiger charge is -2.31. The van der Waals surface area contributed by atoms with Crippen molar-refractivity contribution in [2.75, 3.05) is 31.8 Å². The molecule has 0 saturated carbocycles. The summed E-state index contributed by atoms with van der Waals surface area (Å²) in [5.41, 5.74) is 0. The molecule has 0 bridgehead atoms. The number of nitrogens with zero attached hydrogens (tertiary/aromatic N) is 3. The van der Waals surface area contributed by atoms with Gasteiger partial charge in [-0.2, -0.15) is 0 Å². The van der Waals surface area contributed by atoms with Gasteiger partial charge >= 0.3 is 5.97 Å². The summed E-state index contributed by atoms with van der Waals surface area (Å²) in [7, 11) is 1.54. The number of aromatic nitrogens is 2. The first-order valence-corrected chi connectivity index (χ1v) is 6.60. The quantitative estimate of drug-likeness (QED) is 0.825. The molecule has 1 aromatic rings. The van der Waals surface area contributed by atoms with Gasteiger partial charge in [0.05, 0.1) is 26.4 Å². The van der Waals surface area contributed by atoms with Gasteiger partial charge in [-0.25, -0.2) is 9.97 Å². The third-order valence-electron chi connectivity index (χ3n) is 3.36. The van der Waals surface area contributed by atoms with Crippen LogP contribution in [0.5, 0.6) is 5.88 Å². The zero-order valence-electron chi connectivity index (χ0n) is 11.7. The summed E-state index contributed by atoms with van der Waals surface area (Å²) in [4.78, 5) is 21.5. The molecule has 0 radical (unpaired) electrons. The Labute approximate surface area is 117 Å². The van der Waals surface area contributed by atoms with Gasteiger partial charge in [-0.1, -0.05) is 6.92 Å². The van der Waals surface area contributed by atoms with Crippen LogP contribution in [-0.4, -0.2) is 54.0 Å². The van der Waals surface area contributed by atoms with Gasteiger partial charge in [-0.3, -0.25) is 4.79 Å². The molecular weight excluding hydrogens is 262 g/mol. The molecule has 2 heterocycles. The zero-order chi connectivity index (χ0) is 14.5. The van der Waals surface area contributed by atoms with Crippen LogP contribution in [0.3, 0.4) is 0 Å². The summed E-state index contributed by atoms with van der Waals surface area (Å²) in [6, 6.07) is 1.50. The summed E-state index contributed by atoms with van der Waals surface area (Å²) in [6.07, 6.45) is 2.30. The highest BCUT2D eigenvalue weighted by Gasteiger charge is 2.38. The van der Waals surface area contributed by atoms with Gasteiger partial charge in [0.1, 0.15) is 18.1 Å². The smallest absolute Gasteiger partial charge is 0.311 e. The normalized spacial score (nSPS) is 21.7. The molecule has 0 amide bonds. The van der Waals surface area contributed by atoms with Gasteiger partial charge in [0.2, 0.25) is 5.88 Å². The van der Waals surface area contributed by atoms with Crippen molar-refractivity contribution >= 4 is 11.8 Å². The van der Waals surface area contributed by atoms with E-state index >= 15 is 0 Å². The fourth-order valence-corrected chi connectivity index (χ4v) is 2.38. The van der Waals surface area contributed by atoms with Crippen molar-refractivity contribution in [3.05, 3.63) is 12.4 Å². The Bertz CT molecular complexity index is 469. The van der Waals surface area contributed by atoms with Gasteiger partial charge in [-0.15, -0.1) is 0 Å². The Morgan fingerprint density at radius 3 is 3.00 bits per heavy atom. The summed E-state index contributed by atoms with van der Waals surface area (Å²) in [5.74, 6) is -0.250. The molecule has 1 aromatic heterocycles. The van der Waals surface area contributed by atoms with Gasteiger partial charge in [0, 0.05) is 12.6 Å². The highest BCUT2D eigenvalue weighted by molar-refractivity contribution is 5.72. The number of ether oxygens (including phenoxy) is 2. The third kappa shape index (κ3) is 2.98. The van der Waals surface area contributed by atoms with Crippen LogP contribution in [-0.2, 0) is 9.53 Å². The molecular formula is C13H19N3O4. The molecule has 1 N–H and O–H groups in total. The summed E-state index contributed by atoms with van der Waals surface area (Å²) < 4.78 is 10.4. The van der Waals surface area contributed by atoms with E-state index in [-0.39, 0.29) is 12.6 Å². The van der Waals surface area contributed by atoms with Crippen molar-refractivity contribution in [2.45, 2.75) is 19.4 Å². The van der Waals surface area contributed by atoms with Crippen LogP contribution in [0.15, 0.2) is 12.4 Å². The minimum atomic E-state index is -0.838. The molecule has 2 unspecified atom stereocenters. The summed E-state index contributed by atoms with van der Waals surface area (Å²) >= 11 is 0. The zero-order valence-corrected chi connectivity index (χ0v) is 11.7. The van der Waals surface area contributed by atoms with E-state index in [2.05, 4.69) is 9.97 Å². The van der Waals surface area contributed by atoms with Crippen LogP contribution < -0.4 is 9.64 Å². The second-order valence-electron chi connectivity index (χ2n) is 4.66. The standard InChI is InChI=1S/C13H19N3O4/c1-3-4-16(10-7-20-6-9(10)13(17)18)11-5-12(19-2)15-8-14-11/h5,8-10H,3-4,6-7H2,1-2H3,(H,17,18). The first-order valence-electron chi connectivity index (χ1n) is 6.60. The number of carbonyl (C=O) groups is 1. The monoisotopic (exact) mass is 281 g/mol. The van der Waals surface area contributed by atoms with E-state index in [1.54, 1.807) is 6.07 Å². The number of aliphatic carboxylic acids is 1. The molecule has 7 nitrogen and oxygen atoms in total. The third-order valence-corrected chi connectivity index (χ3v) is 3.36. The lowest BCUT2D eigenvalue weighted by atomic mass is 10.0. The van der Waals surface area contributed by atoms with Crippen LogP contribution in [0.1, 0.15) is 13.3 Å². The molecule has 0 spiro atoms. The van der Waals surface area contributed by atoms with Crippen molar-refractivity contribution in [3.63, 3.8) is 0 Å². The first kappa shape index (κ1) is 14.5. The molecule has 0 aliphatic carbocycles. The van der Waals surface area contributed by atoms with Crippen molar-refractivity contribution in [1.29, 1.82) is 0 Å². The highest BCUT2D eigenvalue weighted by atomic mass is 16.5. The predicted octanol–water partition coefficient (Wildman–Crippen LogP) is 0.801. The van der Waals surface area contributed by atoms with Gasteiger partial charge in [-0.05, 0) is 6.42 Å². The maximum Gasteiger partial charge on any atom is 0.311 e. The number of carboxylic acid groups (broad SMARTS) is 1. The van der Waals surface area contributed by atoms with Gasteiger partial charge in [0.15, 0.2) is 0 Å². The number of anilines is 1. The molecule has 7 heteroatoms. The van der Waals surface area contributed by atoms with E-state index in [1.807, 2.05) is 11.8 Å². The van der Waals surface area contributed by atoms with E-state index < -0.39 is 11.9 Å². The molecule has 1 fully saturated rings. The Balaban J connectivity index is 2.27. The SMILES string of the molecule is CCCN(c1cc(OC)ncn1)C1COCC1C(=O)O. The molecule has 110 valence electrons. The predicted molar refractivity (Wildman–Crippen MR) is 72.0 cm³/mol. The van der Waals surface area contributed by atoms with E-state index in [0.29, 0.717) is 24.8 Å². The maximum atomic E-state index is 11.3. The second kappa shape index (κ2) is 6.51. The van der Waals surface area contributed by atoms with E-state index in [4.69, 9.17) is 9.47 Å². The average Bonchev–Trinajstić information content (AvgIpc) is 2.94. The van der Waals surface area contributed by atoms with Crippen LogP contribution in [0, 0.1) is 5.92 Å². The molecule has 1 aliphatic heterocycles. The van der Waals surface area contributed by atoms with Crippen molar-refractivity contribution in [2.24, 2.45) is 5.92 Å². The van der Waals surface area contributed by atoms with Gasteiger partial charge in [0.25, 0.3) is 0 Å². The Morgan fingerprint density at radius 1 is 1.55 bits per heavy atom. The summed E-state index contributed by atoms with van der Waals surface area (Å²) in [5, 5.41) is 9.28. The van der Waals surface area contributed by atoms with Crippen molar-refractivity contribution in [1.82, 2.24) is 9.97 Å². The average molecular weight is 281 g/mol. The van der Waals surface area contributed by atoms with Crippen LogP contribution in [0.4, 0.5) is 5.82 Å². The molecule has 0 aromatic carbocycles. The number of hydrogen-bond acceptors (Lipinski definition) is 6. The number of carboxylic acids is 1. The van der Waals surface area contributed by atoms with Crippen molar-refractivity contribution in [3.8, 4) is 5.88 Å². The minimum absolute atomic E-state index is 0.216. The van der Waals surface area contributed by atoms with E-state index in [9.17, 15) is 9.90 Å². The van der Waals surface area contributed by atoms with Crippen LogP contribution in [0.25, 0.3) is 0 Å². The molecule has 1 aliphatic rings. The lowest BCUT2D eigenvalue weighted by molar-refractivity contribution is -0.141. The lowest BCUT2D eigenvalue weighted by Crippen LogP contribution is -2.44. The van der Waals surface area contributed by atoms with E-state index in [1.165, 1.54) is 13.4 Å². The maximum absolute atomic E-state index is 11.3. The highest BCUT2D eigenvalue weighted by Crippen LogP contribution is 2.26. The molecule has 20 heavy (non-hydrogen) atoms. The van der Waals surface area contributed by atoms with Gasteiger partial charge < -0.3 is 19.5 Å². The fraction of sp³-hybridized carbons (Fsp3) is 0.615. The molecule has 2 atom stereocenters. The van der Waals surface area contributed by atoms with Crippen LogP contribution >= 0.6 is 0 Å². The topological polar surface area (TPSA) is 84.8 Å². The first-order chi connectivity index (χ1) is 9.67. The Kier molecular flexibility index (Phi) is 4.73. The molecule has 2 rings (SSSR count). The second-order valence-corrected chi connectivity index (χ2v) is 4.66. The largest absolute Gasteiger partial charge is 0.481 e. The number of hydrogen-bond donors (Lipinski definition) is 1. The fourth-order valence-electron chi connectivity index (χ4n) is 2.38. The number of methoxy groups -OCH3 is 1. The Hall–Kier alpha value is -1.89. The minimum Gasteiger partial charge on any atom is -0.481 e.